The zero-order chi connectivity index (χ0) is 18.2. The zero-order valence-corrected chi connectivity index (χ0v) is 16.0. The van der Waals surface area contributed by atoms with Crippen molar-refractivity contribution < 1.29 is 14.3 Å². The van der Waals surface area contributed by atoms with E-state index < -0.39 is 0 Å². The van der Waals surface area contributed by atoms with Crippen molar-refractivity contribution in [1.82, 2.24) is 10.2 Å². The van der Waals surface area contributed by atoms with E-state index in [1.807, 2.05) is 17.5 Å². The van der Waals surface area contributed by atoms with Crippen LogP contribution in [0.2, 0.25) is 10.0 Å². The molecule has 1 heterocycles. The highest BCUT2D eigenvalue weighted by molar-refractivity contribution is 7.09. The van der Waals surface area contributed by atoms with Crippen LogP contribution in [0.5, 0.6) is 5.75 Å². The van der Waals surface area contributed by atoms with Crippen LogP contribution in [0.1, 0.15) is 11.8 Å². The summed E-state index contributed by atoms with van der Waals surface area (Å²) in [5, 5.41) is 5.35. The predicted molar refractivity (Wildman–Crippen MR) is 100 cm³/mol. The molecule has 2 aromatic rings. The van der Waals surface area contributed by atoms with Crippen molar-refractivity contribution in [1.29, 1.82) is 0 Å². The minimum atomic E-state index is -0.301. The molecule has 0 saturated carbocycles. The number of halogens is 2. The number of rotatable bonds is 8. The van der Waals surface area contributed by atoms with E-state index in [0.717, 1.165) is 4.88 Å². The third-order valence-electron chi connectivity index (χ3n) is 3.38. The average Bonchev–Trinajstić information content (AvgIpc) is 3.12. The second kappa shape index (κ2) is 9.65. The largest absolute Gasteiger partial charge is 0.482 e. The number of hydrogen-bond donors (Lipinski definition) is 1. The number of benzene rings is 1. The van der Waals surface area contributed by atoms with Gasteiger partial charge in [-0.15, -0.1) is 11.3 Å². The summed E-state index contributed by atoms with van der Waals surface area (Å²) in [6.07, 6.45) is 0. The first-order valence-electron chi connectivity index (χ1n) is 7.65. The molecule has 0 aliphatic heterocycles. The highest BCUT2D eigenvalue weighted by Gasteiger charge is 2.17. The number of carbonyl (C=O) groups is 2. The molecule has 0 atom stereocenters. The molecule has 1 aromatic carbocycles. The van der Waals surface area contributed by atoms with E-state index in [-0.39, 0.29) is 30.0 Å². The lowest BCUT2D eigenvalue weighted by molar-refractivity contribution is -0.137. The molecular formula is C17H18Cl2N2O3S. The fourth-order valence-corrected chi connectivity index (χ4v) is 3.02. The van der Waals surface area contributed by atoms with Gasteiger partial charge in [0.15, 0.2) is 6.61 Å². The van der Waals surface area contributed by atoms with Crippen molar-refractivity contribution >= 4 is 46.4 Å². The molecule has 2 amide bonds. The maximum atomic E-state index is 12.3. The van der Waals surface area contributed by atoms with Gasteiger partial charge in [-0.3, -0.25) is 9.59 Å². The fraction of sp³-hybridized carbons (Fsp3) is 0.294. The van der Waals surface area contributed by atoms with E-state index in [1.165, 1.54) is 4.90 Å². The van der Waals surface area contributed by atoms with Crippen molar-refractivity contribution in [2.24, 2.45) is 0 Å². The van der Waals surface area contributed by atoms with Crippen LogP contribution in [0, 0.1) is 0 Å². The number of nitrogens with one attached hydrogen (secondary N) is 1. The summed E-state index contributed by atoms with van der Waals surface area (Å²) in [6, 6.07) is 8.81. The third-order valence-corrected chi connectivity index (χ3v) is 5.05. The van der Waals surface area contributed by atoms with Gasteiger partial charge in [-0.1, -0.05) is 35.3 Å². The van der Waals surface area contributed by atoms with Crippen LogP contribution in [0.4, 0.5) is 0 Å². The Morgan fingerprint density at radius 1 is 1.24 bits per heavy atom. The first-order valence-corrected chi connectivity index (χ1v) is 9.28. The van der Waals surface area contributed by atoms with E-state index in [2.05, 4.69) is 5.32 Å². The molecule has 0 spiro atoms. The quantitative estimate of drug-likeness (QED) is 0.736. The molecule has 0 bridgehead atoms. The van der Waals surface area contributed by atoms with E-state index in [1.54, 1.807) is 36.5 Å². The summed E-state index contributed by atoms with van der Waals surface area (Å²) in [7, 11) is 0. The number of ether oxygens (including phenoxy) is 1. The number of carbonyl (C=O) groups excluding carboxylic acids is 2. The minimum Gasteiger partial charge on any atom is -0.482 e. The summed E-state index contributed by atoms with van der Waals surface area (Å²) in [5.41, 5.74) is 0. The van der Waals surface area contributed by atoms with Crippen LogP contribution in [-0.2, 0) is 16.1 Å². The molecule has 5 nitrogen and oxygen atoms in total. The van der Waals surface area contributed by atoms with E-state index in [9.17, 15) is 9.59 Å². The Labute approximate surface area is 160 Å². The Hall–Kier alpha value is -1.76. The molecule has 0 unspecified atom stereocenters. The van der Waals surface area contributed by atoms with Gasteiger partial charge in [0.2, 0.25) is 5.91 Å². The molecule has 25 heavy (non-hydrogen) atoms. The van der Waals surface area contributed by atoms with Crippen LogP contribution < -0.4 is 10.1 Å². The molecule has 8 heteroatoms. The van der Waals surface area contributed by atoms with Crippen molar-refractivity contribution in [2.75, 3.05) is 19.7 Å². The van der Waals surface area contributed by atoms with Crippen LogP contribution >= 0.6 is 34.5 Å². The topological polar surface area (TPSA) is 58.6 Å². The number of nitrogens with zero attached hydrogens (tertiary/aromatic N) is 1. The molecule has 134 valence electrons. The van der Waals surface area contributed by atoms with Crippen molar-refractivity contribution in [2.45, 2.75) is 13.5 Å². The van der Waals surface area contributed by atoms with Crippen LogP contribution in [0.25, 0.3) is 0 Å². The van der Waals surface area contributed by atoms with E-state index in [4.69, 9.17) is 27.9 Å². The van der Waals surface area contributed by atoms with Gasteiger partial charge in [0.05, 0.1) is 18.1 Å². The van der Waals surface area contributed by atoms with Crippen molar-refractivity contribution in [3.05, 3.63) is 50.6 Å². The number of thiophene rings is 1. The molecule has 0 aliphatic rings. The lowest BCUT2D eigenvalue weighted by atomic mass is 10.3. The lowest BCUT2D eigenvalue weighted by Gasteiger charge is -2.20. The predicted octanol–water partition coefficient (Wildman–Crippen LogP) is 3.60. The molecule has 0 radical (unpaired) electrons. The van der Waals surface area contributed by atoms with Gasteiger partial charge in [0.1, 0.15) is 10.8 Å². The SMILES string of the molecule is CCN(CC(=O)NCc1cccs1)C(=O)COc1cccc(Cl)c1Cl. The molecule has 0 saturated heterocycles. The Bertz CT molecular complexity index is 723. The second-order valence-corrected chi connectivity index (χ2v) is 6.92. The smallest absolute Gasteiger partial charge is 0.260 e. The summed E-state index contributed by atoms with van der Waals surface area (Å²) in [5.74, 6) is -0.185. The summed E-state index contributed by atoms with van der Waals surface area (Å²) in [4.78, 5) is 26.7. The second-order valence-electron chi connectivity index (χ2n) is 5.10. The van der Waals surface area contributed by atoms with Crippen molar-refractivity contribution in [3.63, 3.8) is 0 Å². The van der Waals surface area contributed by atoms with Gasteiger partial charge < -0.3 is 15.0 Å². The summed E-state index contributed by atoms with van der Waals surface area (Å²) >= 11 is 13.5. The normalized spacial score (nSPS) is 10.4. The third kappa shape index (κ3) is 5.92. The van der Waals surface area contributed by atoms with Crippen molar-refractivity contribution in [3.8, 4) is 5.75 Å². The molecule has 2 rings (SSSR count). The zero-order valence-electron chi connectivity index (χ0n) is 13.6. The lowest BCUT2D eigenvalue weighted by Crippen LogP contribution is -2.42. The van der Waals surface area contributed by atoms with Gasteiger partial charge >= 0.3 is 0 Å². The van der Waals surface area contributed by atoms with Gasteiger partial charge in [-0.25, -0.2) is 0 Å². The first kappa shape index (κ1) is 19.6. The number of likely N-dealkylation sites (N-methyl/N-ethyl adjacent to an activating group) is 1. The minimum absolute atomic E-state index is 0.0205. The average molecular weight is 401 g/mol. The van der Waals surface area contributed by atoms with Gasteiger partial charge in [0, 0.05) is 11.4 Å². The van der Waals surface area contributed by atoms with E-state index >= 15 is 0 Å². The van der Waals surface area contributed by atoms with E-state index in [0.29, 0.717) is 23.9 Å². The van der Waals surface area contributed by atoms with Gasteiger partial charge in [0.25, 0.3) is 5.91 Å². The Morgan fingerprint density at radius 2 is 2.04 bits per heavy atom. The van der Waals surface area contributed by atoms with Gasteiger partial charge in [-0.05, 0) is 30.5 Å². The standard InChI is InChI=1S/C17H18Cl2N2O3S/c1-2-21(10-15(22)20-9-12-5-4-8-25-12)16(23)11-24-14-7-3-6-13(18)17(14)19/h3-8H,2,9-11H2,1H3,(H,20,22). The molecule has 1 aromatic heterocycles. The maximum Gasteiger partial charge on any atom is 0.260 e. The first-order chi connectivity index (χ1) is 12.0. The highest BCUT2D eigenvalue weighted by atomic mass is 35.5. The highest BCUT2D eigenvalue weighted by Crippen LogP contribution is 2.31. The molecule has 0 aliphatic carbocycles. The van der Waals surface area contributed by atoms with Crippen LogP contribution in [0.3, 0.4) is 0 Å². The monoisotopic (exact) mass is 400 g/mol. The Morgan fingerprint density at radius 3 is 2.72 bits per heavy atom. The fourth-order valence-electron chi connectivity index (χ4n) is 2.03. The maximum absolute atomic E-state index is 12.3. The Balaban J connectivity index is 1.83. The van der Waals surface area contributed by atoms with Crippen LogP contribution in [0.15, 0.2) is 35.7 Å². The number of amides is 2. The molecular weight excluding hydrogens is 383 g/mol. The van der Waals surface area contributed by atoms with Crippen LogP contribution in [-0.4, -0.2) is 36.4 Å². The summed E-state index contributed by atoms with van der Waals surface area (Å²) in [6.45, 7) is 2.42. The van der Waals surface area contributed by atoms with Gasteiger partial charge in [-0.2, -0.15) is 0 Å². The molecule has 0 fully saturated rings. The Kier molecular flexibility index (Phi) is 7.55. The molecule has 1 N–H and O–H groups in total. The number of hydrogen-bond acceptors (Lipinski definition) is 4. The summed E-state index contributed by atoms with van der Waals surface area (Å²) < 4.78 is 5.43.